The van der Waals surface area contributed by atoms with Crippen LogP contribution >= 0.6 is 0 Å². The molecule has 5 aliphatic carbocycles. The van der Waals surface area contributed by atoms with Crippen molar-refractivity contribution in [3.63, 3.8) is 0 Å². The van der Waals surface area contributed by atoms with Crippen LogP contribution in [-0.2, 0) is 54.2 Å². The third kappa shape index (κ3) is 2.66. The van der Waals surface area contributed by atoms with Crippen LogP contribution in [0.25, 0.3) is 0 Å². The van der Waals surface area contributed by atoms with E-state index in [0.29, 0.717) is 0 Å². The lowest BCUT2D eigenvalue weighted by Crippen LogP contribution is -2.98. The van der Waals surface area contributed by atoms with Gasteiger partial charge in [-0.15, -0.1) is 0 Å². The van der Waals surface area contributed by atoms with Gasteiger partial charge in [0, 0.05) is 26.1 Å². The van der Waals surface area contributed by atoms with Gasteiger partial charge < -0.3 is 18.9 Å². The quantitative estimate of drug-likeness (QED) is 0.537. The van der Waals surface area contributed by atoms with Crippen LogP contribution in [0.1, 0.15) is 59.1 Å². The molecule has 38 heavy (non-hydrogen) atoms. The van der Waals surface area contributed by atoms with Gasteiger partial charge in [0.05, 0.1) is 13.2 Å². The second-order valence-electron chi connectivity index (χ2n) is 11.6. The number of carbonyl (C=O) groups is 2. The van der Waals surface area contributed by atoms with Gasteiger partial charge in [0.2, 0.25) is 0 Å². The van der Waals surface area contributed by atoms with Crippen LogP contribution in [-0.4, -0.2) is 50.6 Å². The number of esters is 2. The van der Waals surface area contributed by atoms with Crippen LogP contribution in [0, 0.1) is 23.7 Å². The molecule has 0 spiro atoms. The van der Waals surface area contributed by atoms with Crippen molar-refractivity contribution >= 4 is 11.9 Å². The number of benzene rings is 2. The predicted molar refractivity (Wildman–Crippen MR) is 140 cm³/mol. The maximum atomic E-state index is 13.5. The summed E-state index contributed by atoms with van der Waals surface area (Å²) in [5.74, 6) is -1.86. The van der Waals surface area contributed by atoms with Crippen LogP contribution in [0.2, 0.25) is 0 Å². The molecule has 3 fully saturated rings. The number of carbonyl (C=O) groups excluding carboxylic acids is 2. The van der Waals surface area contributed by atoms with Crippen molar-refractivity contribution in [2.24, 2.45) is 23.7 Å². The summed E-state index contributed by atoms with van der Waals surface area (Å²) in [4.78, 5) is 27.0. The van der Waals surface area contributed by atoms with Crippen LogP contribution in [0.5, 0.6) is 0 Å². The second-order valence-corrected chi connectivity index (χ2v) is 11.6. The van der Waals surface area contributed by atoms with Crippen LogP contribution in [0.4, 0.5) is 0 Å². The zero-order valence-electron chi connectivity index (χ0n) is 22.6. The van der Waals surface area contributed by atoms with Crippen molar-refractivity contribution in [2.45, 2.75) is 62.6 Å². The number of hydrogen-bond donors (Lipinski definition) is 0. The van der Waals surface area contributed by atoms with Crippen LogP contribution in [0.3, 0.4) is 0 Å². The molecule has 0 unspecified atom stereocenters. The third-order valence-electron chi connectivity index (χ3n) is 10.7. The molecule has 0 heterocycles. The Labute approximate surface area is 224 Å². The summed E-state index contributed by atoms with van der Waals surface area (Å²) in [6.07, 6.45) is 3.99. The van der Waals surface area contributed by atoms with Crippen molar-refractivity contribution in [3.05, 3.63) is 69.8 Å². The smallest absolute Gasteiger partial charge is 0.313 e. The Morgan fingerprint density at radius 1 is 0.711 bits per heavy atom. The molecule has 0 aliphatic heterocycles. The van der Waals surface area contributed by atoms with Crippen molar-refractivity contribution in [1.29, 1.82) is 0 Å². The SMILES string of the molecule is CCOC(=O)[C@H]1[C@H](C(=O)OCC)[C@@]2(OC)[C@@H]3[C@H]4c5cc6ccc5CCc5ccc(cc5[C@H]4[C@@H]3[C@@]12OC)CC6. The summed E-state index contributed by atoms with van der Waals surface area (Å²) in [5, 5.41) is 0. The van der Waals surface area contributed by atoms with E-state index in [2.05, 4.69) is 36.4 Å². The first-order valence-corrected chi connectivity index (χ1v) is 14.1. The van der Waals surface area contributed by atoms with Gasteiger partial charge in [0.15, 0.2) is 0 Å². The molecule has 200 valence electrons. The highest BCUT2D eigenvalue weighted by Crippen LogP contribution is 2.85. The molecule has 4 bridgehead atoms. The Bertz CT molecular complexity index is 1230. The molecule has 0 radical (unpaired) electrons. The normalized spacial score (nSPS) is 36.8. The minimum absolute atomic E-state index is 0.0422. The van der Waals surface area contributed by atoms with E-state index >= 15 is 0 Å². The number of ether oxygens (including phenoxy) is 4. The number of fused-ring (bicyclic) bond motifs is 6. The van der Waals surface area contributed by atoms with Crippen LogP contribution in [0.15, 0.2) is 36.4 Å². The largest absolute Gasteiger partial charge is 0.466 e. The topological polar surface area (TPSA) is 71.1 Å². The Morgan fingerprint density at radius 3 is 1.50 bits per heavy atom. The van der Waals surface area contributed by atoms with Crippen molar-refractivity contribution in [3.8, 4) is 0 Å². The fourth-order valence-electron chi connectivity index (χ4n) is 9.48. The molecule has 8 atom stereocenters. The van der Waals surface area contributed by atoms with Gasteiger partial charge in [-0.3, -0.25) is 9.59 Å². The number of aryl methyl sites for hydroxylation is 4. The monoisotopic (exact) mass is 516 g/mol. The first-order chi connectivity index (χ1) is 18.5. The van der Waals surface area contributed by atoms with E-state index in [1.54, 1.807) is 28.1 Å². The maximum Gasteiger partial charge on any atom is 0.313 e. The van der Waals surface area contributed by atoms with Gasteiger partial charge in [-0.25, -0.2) is 0 Å². The summed E-state index contributed by atoms with van der Waals surface area (Å²) >= 11 is 0. The molecule has 3 saturated carbocycles. The lowest BCUT2D eigenvalue weighted by molar-refractivity contribution is -0.457. The maximum absolute atomic E-state index is 13.5. The summed E-state index contributed by atoms with van der Waals surface area (Å²) in [5.41, 5.74) is 6.35. The zero-order valence-corrected chi connectivity index (χ0v) is 22.6. The molecule has 0 saturated heterocycles. The van der Waals surface area contributed by atoms with E-state index in [-0.39, 0.29) is 36.9 Å². The molecule has 2 aromatic rings. The average Bonchev–Trinajstić information content (AvgIpc) is 2.88. The van der Waals surface area contributed by atoms with E-state index in [0.717, 1.165) is 25.7 Å². The van der Waals surface area contributed by atoms with E-state index < -0.39 is 35.0 Å². The van der Waals surface area contributed by atoms with Gasteiger partial charge in [0.25, 0.3) is 0 Å². The molecule has 0 amide bonds. The fourth-order valence-corrected chi connectivity index (χ4v) is 9.48. The van der Waals surface area contributed by atoms with Crippen molar-refractivity contribution in [1.82, 2.24) is 0 Å². The minimum atomic E-state index is -0.939. The van der Waals surface area contributed by atoms with Crippen molar-refractivity contribution in [2.75, 3.05) is 27.4 Å². The fraction of sp³-hybridized carbons (Fsp3) is 0.562. The lowest BCUT2D eigenvalue weighted by Gasteiger charge is -2.86. The summed E-state index contributed by atoms with van der Waals surface area (Å²) in [7, 11) is 3.33. The Morgan fingerprint density at radius 2 is 1.13 bits per heavy atom. The molecule has 0 N–H and O–H groups in total. The number of methoxy groups -OCH3 is 2. The van der Waals surface area contributed by atoms with Gasteiger partial charge in [-0.1, -0.05) is 36.4 Å². The molecule has 5 aliphatic rings. The van der Waals surface area contributed by atoms with Gasteiger partial charge in [-0.05, 0) is 84.7 Å². The van der Waals surface area contributed by atoms with E-state index in [1.165, 1.54) is 33.4 Å². The van der Waals surface area contributed by atoms with Gasteiger partial charge in [0.1, 0.15) is 23.0 Å². The van der Waals surface area contributed by atoms with E-state index in [1.807, 2.05) is 0 Å². The summed E-state index contributed by atoms with van der Waals surface area (Å²) in [6.45, 7) is 4.07. The lowest BCUT2D eigenvalue weighted by atomic mass is 9.21. The zero-order chi connectivity index (χ0) is 26.4. The first kappa shape index (κ1) is 24.3. The van der Waals surface area contributed by atoms with Crippen LogP contribution < -0.4 is 0 Å². The highest BCUT2D eigenvalue weighted by molar-refractivity contribution is 5.90. The predicted octanol–water partition coefficient (Wildman–Crippen LogP) is 4.15. The minimum Gasteiger partial charge on any atom is -0.466 e. The Hall–Kier alpha value is -2.70. The van der Waals surface area contributed by atoms with Gasteiger partial charge in [-0.2, -0.15) is 0 Å². The summed E-state index contributed by atoms with van der Waals surface area (Å²) < 4.78 is 23.9. The molecule has 2 aromatic carbocycles. The average molecular weight is 517 g/mol. The molecular formula is C32H36O6. The molecule has 6 nitrogen and oxygen atoms in total. The first-order valence-electron chi connectivity index (χ1n) is 14.1. The highest BCUT2D eigenvalue weighted by atomic mass is 16.6. The molecule has 0 aromatic heterocycles. The van der Waals surface area contributed by atoms with Gasteiger partial charge >= 0.3 is 11.9 Å². The molecule has 7 rings (SSSR count). The second kappa shape index (κ2) is 8.40. The Balaban J connectivity index is 1.45. The third-order valence-corrected chi connectivity index (χ3v) is 10.7. The number of rotatable bonds is 6. The summed E-state index contributed by atoms with van der Waals surface area (Å²) in [6, 6.07) is 14.0. The molecular weight excluding hydrogens is 480 g/mol. The van der Waals surface area contributed by atoms with E-state index in [4.69, 9.17) is 18.9 Å². The Kier molecular flexibility index (Phi) is 5.38. The highest BCUT2D eigenvalue weighted by Gasteiger charge is 2.96. The van der Waals surface area contributed by atoms with Crippen molar-refractivity contribution < 1.29 is 28.5 Å². The van der Waals surface area contributed by atoms with E-state index in [9.17, 15) is 9.59 Å². The number of hydrogen-bond acceptors (Lipinski definition) is 6. The standard InChI is InChI=1S/C32H36O6/c1-5-37-29(33)27-28(30(34)38-6-2)32(36-4)26-24-22-16-18-8-7-17-9-11-19(13-14-20(22)12-10-18)21(15-17)23(24)25(26)31(27,32)35-3/h9-12,15-16,23-28H,5-8,13-14H2,1-4H3/t23-,24+,25+,26-,27-,28-,31-,32+/m1/s1. The molecule has 6 heteroatoms.